The van der Waals surface area contributed by atoms with E-state index >= 15 is 0 Å². The van der Waals surface area contributed by atoms with Crippen LogP contribution in [0.4, 0.5) is 8.78 Å². The summed E-state index contributed by atoms with van der Waals surface area (Å²) in [6, 6.07) is 4.08. The van der Waals surface area contributed by atoms with Gasteiger partial charge in [0.15, 0.2) is 0 Å². The van der Waals surface area contributed by atoms with E-state index in [1.807, 2.05) is 6.92 Å². The third kappa shape index (κ3) is 3.83. The van der Waals surface area contributed by atoms with E-state index in [1.165, 1.54) is 18.2 Å². The highest BCUT2D eigenvalue weighted by molar-refractivity contribution is 5.34. The lowest BCUT2D eigenvalue weighted by Gasteiger charge is -2.12. The van der Waals surface area contributed by atoms with Crippen LogP contribution in [-0.4, -0.2) is 19.3 Å². The fraction of sp³-hybridized carbons (Fsp3) is 0.455. The van der Waals surface area contributed by atoms with Gasteiger partial charge in [0.2, 0.25) is 0 Å². The number of nitrogens with two attached hydrogens (primary N) is 1. The molecule has 0 aliphatic rings. The number of rotatable bonds is 5. The maximum Gasteiger partial charge on any atom is 0.123 e. The second-order valence-corrected chi connectivity index (χ2v) is 3.47. The molecule has 0 fully saturated rings. The zero-order valence-electron chi connectivity index (χ0n) is 8.67. The summed E-state index contributed by atoms with van der Waals surface area (Å²) in [6.07, 6.45) is 0.513. The number of hydrogen-bond donors (Lipinski definition) is 1. The molecule has 15 heavy (non-hydrogen) atoms. The van der Waals surface area contributed by atoms with Crippen molar-refractivity contribution < 1.29 is 13.5 Å². The van der Waals surface area contributed by atoms with Gasteiger partial charge in [0.25, 0.3) is 0 Å². The monoisotopic (exact) mass is 215 g/mol. The molecule has 1 rings (SSSR count). The maximum atomic E-state index is 12.9. The number of ether oxygens (including phenoxy) is 1. The summed E-state index contributed by atoms with van der Waals surface area (Å²) in [6.45, 7) is 1.25. The predicted octanol–water partition coefficient (Wildman–Crippen LogP) is 2.06. The van der Waals surface area contributed by atoms with Crippen molar-refractivity contribution in [1.82, 2.24) is 0 Å². The van der Waals surface area contributed by atoms with Gasteiger partial charge in [0.1, 0.15) is 24.8 Å². The summed E-state index contributed by atoms with van der Waals surface area (Å²) in [5.74, 6) is 0.171. The highest BCUT2D eigenvalue weighted by Gasteiger charge is 2.07. The number of alkyl halides is 1. The minimum Gasteiger partial charge on any atom is -0.491 e. The van der Waals surface area contributed by atoms with E-state index in [9.17, 15) is 8.78 Å². The van der Waals surface area contributed by atoms with E-state index < -0.39 is 6.67 Å². The summed E-state index contributed by atoms with van der Waals surface area (Å²) in [4.78, 5) is 0. The van der Waals surface area contributed by atoms with Crippen LogP contribution in [0.15, 0.2) is 18.2 Å². The molecule has 0 saturated carbocycles. The summed E-state index contributed by atoms with van der Waals surface area (Å²) >= 11 is 0. The topological polar surface area (TPSA) is 35.2 Å². The summed E-state index contributed by atoms with van der Waals surface area (Å²) in [7, 11) is 0. The molecule has 0 aromatic heterocycles. The second-order valence-electron chi connectivity index (χ2n) is 3.47. The van der Waals surface area contributed by atoms with Gasteiger partial charge in [-0.3, -0.25) is 0 Å². The molecule has 0 aliphatic carbocycles. The van der Waals surface area contributed by atoms with Gasteiger partial charge in [-0.1, -0.05) is 0 Å². The van der Waals surface area contributed by atoms with Gasteiger partial charge in [-0.05, 0) is 37.1 Å². The zero-order valence-corrected chi connectivity index (χ0v) is 8.67. The molecule has 0 radical (unpaired) electrons. The maximum absolute atomic E-state index is 12.9. The molecule has 0 heterocycles. The molecule has 0 amide bonds. The Morgan fingerprint density at radius 3 is 2.80 bits per heavy atom. The van der Waals surface area contributed by atoms with Gasteiger partial charge in [0.05, 0.1) is 0 Å². The molecule has 0 bridgehead atoms. The van der Waals surface area contributed by atoms with Gasteiger partial charge in [-0.2, -0.15) is 0 Å². The Labute approximate surface area is 88.0 Å². The molecule has 4 heteroatoms. The fourth-order valence-electron chi connectivity index (χ4n) is 1.34. The van der Waals surface area contributed by atoms with Crippen molar-refractivity contribution in [3.63, 3.8) is 0 Å². The molecule has 0 saturated heterocycles. The molecular formula is C11H15F2NO. The van der Waals surface area contributed by atoms with E-state index in [0.29, 0.717) is 17.7 Å². The van der Waals surface area contributed by atoms with Crippen LogP contribution in [0.2, 0.25) is 0 Å². The van der Waals surface area contributed by atoms with Gasteiger partial charge < -0.3 is 10.5 Å². The lowest BCUT2D eigenvalue weighted by molar-refractivity contribution is 0.270. The van der Waals surface area contributed by atoms with Crippen LogP contribution in [0.5, 0.6) is 5.75 Å². The molecule has 1 unspecified atom stereocenters. The van der Waals surface area contributed by atoms with E-state index in [2.05, 4.69) is 0 Å². The zero-order chi connectivity index (χ0) is 11.3. The van der Waals surface area contributed by atoms with Crippen molar-refractivity contribution in [2.75, 3.05) is 13.3 Å². The Hall–Kier alpha value is -1.16. The normalized spacial score (nSPS) is 12.5. The van der Waals surface area contributed by atoms with Gasteiger partial charge in [-0.25, -0.2) is 8.78 Å². The number of halogens is 2. The molecule has 0 spiro atoms. The predicted molar refractivity (Wildman–Crippen MR) is 55.2 cm³/mol. The molecule has 2 nitrogen and oxygen atoms in total. The highest BCUT2D eigenvalue weighted by Crippen LogP contribution is 2.21. The van der Waals surface area contributed by atoms with Crippen LogP contribution in [0.1, 0.15) is 12.5 Å². The number of benzene rings is 1. The van der Waals surface area contributed by atoms with Crippen molar-refractivity contribution in [1.29, 1.82) is 0 Å². The molecular weight excluding hydrogens is 200 g/mol. The average molecular weight is 215 g/mol. The Morgan fingerprint density at radius 2 is 2.20 bits per heavy atom. The Bertz CT molecular complexity index is 315. The minimum atomic E-state index is -0.561. The first-order valence-corrected chi connectivity index (χ1v) is 4.86. The van der Waals surface area contributed by atoms with E-state index in [1.54, 1.807) is 0 Å². The molecule has 2 N–H and O–H groups in total. The Morgan fingerprint density at radius 1 is 1.47 bits per heavy atom. The van der Waals surface area contributed by atoms with Crippen LogP contribution < -0.4 is 10.5 Å². The third-order valence-corrected chi connectivity index (χ3v) is 1.90. The average Bonchev–Trinajstić information content (AvgIpc) is 2.16. The molecule has 0 aliphatic heterocycles. The summed E-state index contributed by atoms with van der Waals surface area (Å²) in [5, 5.41) is 0. The van der Waals surface area contributed by atoms with E-state index in [0.717, 1.165) is 0 Å². The van der Waals surface area contributed by atoms with Crippen molar-refractivity contribution in [2.24, 2.45) is 5.73 Å². The Balaban J connectivity index is 2.82. The summed E-state index contributed by atoms with van der Waals surface area (Å²) in [5.41, 5.74) is 6.30. The molecule has 1 aromatic rings. The van der Waals surface area contributed by atoms with Crippen LogP contribution in [0.25, 0.3) is 0 Å². The van der Waals surface area contributed by atoms with Gasteiger partial charge in [-0.15, -0.1) is 0 Å². The smallest absolute Gasteiger partial charge is 0.123 e. The molecule has 84 valence electrons. The Kier molecular flexibility index (Phi) is 4.49. The van der Waals surface area contributed by atoms with Gasteiger partial charge in [0, 0.05) is 6.04 Å². The van der Waals surface area contributed by atoms with Crippen LogP contribution in [-0.2, 0) is 6.42 Å². The first kappa shape index (κ1) is 11.9. The van der Waals surface area contributed by atoms with Crippen LogP contribution in [0, 0.1) is 5.82 Å². The highest BCUT2D eigenvalue weighted by atomic mass is 19.1. The summed E-state index contributed by atoms with van der Waals surface area (Å²) < 4.78 is 30.0. The fourth-order valence-corrected chi connectivity index (χ4v) is 1.34. The number of hydrogen-bond acceptors (Lipinski definition) is 2. The lowest BCUT2D eigenvalue weighted by Crippen LogP contribution is -2.18. The molecule has 1 atom stereocenters. The van der Waals surface area contributed by atoms with Crippen molar-refractivity contribution >= 4 is 0 Å². The first-order valence-electron chi connectivity index (χ1n) is 4.86. The quantitative estimate of drug-likeness (QED) is 0.816. The van der Waals surface area contributed by atoms with Crippen LogP contribution >= 0.6 is 0 Å². The van der Waals surface area contributed by atoms with Gasteiger partial charge >= 0.3 is 0 Å². The van der Waals surface area contributed by atoms with Crippen molar-refractivity contribution in [2.45, 2.75) is 19.4 Å². The van der Waals surface area contributed by atoms with Crippen LogP contribution in [0.3, 0.4) is 0 Å². The second kappa shape index (κ2) is 5.66. The van der Waals surface area contributed by atoms with Crippen molar-refractivity contribution in [3.8, 4) is 5.75 Å². The lowest BCUT2D eigenvalue weighted by atomic mass is 10.1. The standard InChI is InChI=1S/C11H15F2NO/c1-8(14)6-9-7-10(13)2-3-11(9)15-5-4-12/h2-3,7-8H,4-6,14H2,1H3. The van der Waals surface area contributed by atoms with E-state index in [4.69, 9.17) is 10.5 Å². The SMILES string of the molecule is CC(N)Cc1cc(F)ccc1OCCF. The third-order valence-electron chi connectivity index (χ3n) is 1.90. The van der Waals surface area contributed by atoms with E-state index in [-0.39, 0.29) is 18.5 Å². The largest absolute Gasteiger partial charge is 0.491 e. The van der Waals surface area contributed by atoms with Crippen molar-refractivity contribution in [3.05, 3.63) is 29.6 Å². The minimum absolute atomic E-state index is 0.0163. The first-order chi connectivity index (χ1) is 7.13. The molecule has 1 aromatic carbocycles.